The summed E-state index contributed by atoms with van der Waals surface area (Å²) in [5.74, 6) is 8.61. The van der Waals surface area contributed by atoms with E-state index < -0.39 is 0 Å². The van der Waals surface area contributed by atoms with Crippen molar-refractivity contribution in [1.82, 2.24) is 14.9 Å². The molecule has 0 amide bonds. The van der Waals surface area contributed by atoms with Crippen molar-refractivity contribution in [2.24, 2.45) is 0 Å². The number of rotatable bonds is 6. The number of nitrogens with zero attached hydrogens (tertiary/aromatic N) is 3. The van der Waals surface area contributed by atoms with E-state index in [0.717, 1.165) is 16.1 Å². The van der Waals surface area contributed by atoms with Crippen molar-refractivity contribution in [2.45, 2.75) is 10.9 Å². The summed E-state index contributed by atoms with van der Waals surface area (Å²) in [5.41, 5.74) is 1.81. The normalized spacial score (nSPS) is 10.7. The lowest BCUT2D eigenvalue weighted by Gasteiger charge is -2.09. The number of thioether (sulfide) groups is 1. The Kier molecular flexibility index (Phi) is 5.35. The Morgan fingerprint density at radius 2 is 1.84 bits per heavy atom. The summed E-state index contributed by atoms with van der Waals surface area (Å²) >= 11 is 7.65. The van der Waals surface area contributed by atoms with Crippen molar-refractivity contribution in [1.29, 1.82) is 0 Å². The molecule has 1 aromatic heterocycles. The molecule has 0 atom stereocenters. The summed E-state index contributed by atoms with van der Waals surface area (Å²) in [7, 11) is 3.17. The van der Waals surface area contributed by atoms with Crippen molar-refractivity contribution in [3.05, 3.63) is 53.1 Å². The molecular weight excluding hydrogens is 360 g/mol. The lowest BCUT2D eigenvalue weighted by atomic mass is 10.2. The van der Waals surface area contributed by atoms with Gasteiger partial charge in [0.1, 0.15) is 0 Å². The number of hydrogen-bond acceptors (Lipinski definition) is 6. The standard InChI is InChI=1S/C17H17ClN4O2S/c1-23-14-8-7-11(9-15(14)24-2)16-20-21-17(22(16)19)25-10-12-5-3-4-6-13(12)18/h3-9H,10,19H2,1-2H3. The second-order valence-corrected chi connectivity index (χ2v) is 6.48. The van der Waals surface area contributed by atoms with Crippen molar-refractivity contribution in [3.63, 3.8) is 0 Å². The van der Waals surface area contributed by atoms with Crippen molar-refractivity contribution >= 4 is 23.4 Å². The zero-order chi connectivity index (χ0) is 17.8. The van der Waals surface area contributed by atoms with Crippen LogP contribution in [0.1, 0.15) is 5.56 Å². The van der Waals surface area contributed by atoms with Gasteiger partial charge >= 0.3 is 0 Å². The second-order valence-electron chi connectivity index (χ2n) is 5.13. The number of halogens is 1. The largest absolute Gasteiger partial charge is 0.493 e. The fraction of sp³-hybridized carbons (Fsp3) is 0.176. The number of hydrogen-bond donors (Lipinski definition) is 1. The third-order valence-electron chi connectivity index (χ3n) is 3.62. The van der Waals surface area contributed by atoms with Crippen LogP contribution in [0.15, 0.2) is 47.6 Å². The molecule has 0 spiro atoms. The molecule has 2 aromatic carbocycles. The van der Waals surface area contributed by atoms with Crippen LogP contribution in [-0.2, 0) is 5.75 Å². The van der Waals surface area contributed by atoms with Gasteiger partial charge in [-0.2, -0.15) is 0 Å². The molecule has 0 unspecified atom stereocenters. The number of nitrogen functional groups attached to an aromatic ring is 1. The van der Waals surface area contributed by atoms with E-state index in [1.54, 1.807) is 20.3 Å². The van der Waals surface area contributed by atoms with Crippen LogP contribution < -0.4 is 15.3 Å². The maximum Gasteiger partial charge on any atom is 0.210 e. The van der Waals surface area contributed by atoms with Crippen molar-refractivity contribution in [3.8, 4) is 22.9 Å². The lowest BCUT2D eigenvalue weighted by Crippen LogP contribution is -2.11. The molecule has 0 saturated carbocycles. The van der Waals surface area contributed by atoms with Crippen LogP contribution >= 0.6 is 23.4 Å². The van der Waals surface area contributed by atoms with E-state index in [1.165, 1.54) is 16.4 Å². The lowest BCUT2D eigenvalue weighted by molar-refractivity contribution is 0.355. The van der Waals surface area contributed by atoms with E-state index in [-0.39, 0.29) is 0 Å². The molecule has 0 saturated heterocycles. The van der Waals surface area contributed by atoms with Gasteiger partial charge in [-0.3, -0.25) is 0 Å². The number of ether oxygens (including phenoxy) is 2. The minimum absolute atomic E-state index is 0.544. The predicted octanol–water partition coefficient (Wildman–Crippen LogP) is 3.62. The fourth-order valence-electron chi connectivity index (χ4n) is 2.31. The highest BCUT2D eigenvalue weighted by Gasteiger charge is 2.15. The summed E-state index contributed by atoms with van der Waals surface area (Å²) in [5, 5.41) is 9.68. The molecule has 3 rings (SSSR count). The molecule has 0 bridgehead atoms. The summed E-state index contributed by atoms with van der Waals surface area (Å²) < 4.78 is 12.0. The van der Waals surface area contributed by atoms with E-state index in [0.29, 0.717) is 28.2 Å². The first-order valence-electron chi connectivity index (χ1n) is 7.43. The topological polar surface area (TPSA) is 75.2 Å². The molecule has 3 aromatic rings. The van der Waals surface area contributed by atoms with Gasteiger partial charge in [-0.15, -0.1) is 10.2 Å². The van der Waals surface area contributed by atoms with Gasteiger partial charge in [-0.05, 0) is 29.8 Å². The molecule has 0 fully saturated rings. The van der Waals surface area contributed by atoms with E-state index in [1.807, 2.05) is 36.4 Å². The molecule has 0 radical (unpaired) electrons. The van der Waals surface area contributed by atoms with Gasteiger partial charge in [0.2, 0.25) is 5.16 Å². The maximum atomic E-state index is 6.18. The Bertz CT molecular complexity index is 885. The van der Waals surface area contributed by atoms with Gasteiger partial charge in [0.05, 0.1) is 14.2 Å². The number of nitrogens with two attached hydrogens (primary N) is 1. The van der Waals surface area contributed by atoms with Crippen LogP contribution in [0.3, 0.4) is 0 Å². The average Bonchev–Trinajstić information content (AvgIpc) is 3.01. The Labute approximate surface area is 154 Å². The second kappa shape index (κ2) is 7.67. The maximum absolute atomic E-state index is 6.18. The van der Waals surface area contributed by atoms with Crippen molar-refractivity contribution < 1.29 is 9.47 Å². The van der Waals surface area contributed by atoms with E-state index in [9.17, 15) is 0 Å². The van der Waals surface area contributed by atoms with E-state index >= 15 is 0 Å². The summed E-state index contributed by atoms with van der Waals surface area (Å²) in [4.78, 5) is 0. The zero-order valence-corrected chi connectivity index (χ0v) is 15.3. The highest BCUT2D eigenvalue weighted by Crippen LogP contribution is 2.32. The van der Waals surface area contributed by atoms with Crippen LogP contribution in [0.4, 0.5) is 0 Å². The van der Waals surface area contributed by atoms with Gasteiger partial charge in [-0.25, -0.2) is 4.68 Å². The highest BCUT2D eigenvalue weighted by atomic mass is 35.5. The summed E-state index contributed by atoms with van der Waals surface area (Å²) in [6.07, 6.45) is 0. The molecular formula is C17H17ClN4O2S. The first-order valence-corrected chi connectivity index (χ1v) is 8.79. The molecule has 6 nitrogen and oxygen atoms in total. The molecule has 8 heteroatoms. The van der Waals surface area contributed by atoms with Crippen LogP contribution in [-0.4, -0.2) is 29.1 Å². The molecule has 0 aliphatic carbocycles. The fourth-order valence-corrected chi connectivity index (χ4v) is 3.45. The Balaban J connectivity index is 1.83. The molecule has 2 N–H and O–H groups in total. The Morgan fingerprint density at radius 1 is 1.08 bits per heavy atom. The average molecular weight is 377 g/mol. The SMILES string of the molecule is COc1ccc(-c2nnc(SCc3ccccc3Cl)n2N)cc1OC. The third kappa shape index (κ3) is 3.67. The highest BCUT2D eigenvalue weighted by molar-refractivity contribution is 7.98. The first kappa shape index (κ1) is 17.4. The Hall–Kier alpha value is -2.38. The van der Waals surface area contributed by atoms with E-state index in [2.05, 4.69) is 10.2 Å². The van der Waals surface area contributed by atoms with Crippen LogP contribution in [0.5, 0.6) is 11.5 Å². The molecule has 1 heterocycles. The van der Waals surface area contributed by atoms with Gasteiger partial charge in [0.25, 0.3) is 0 Å². The first-order chi connectivity index (χ1) is 12.1. The number of aromatic nitrogens is 3. The Morgan fingerprint density at radius 3 is 2.56 bits per heavy atom. The van der Waals surface area contributed by atoms with Gasteiger partial charge in [0, 0.05) is 16.3 Å². The quantitative estimate of drug-likeness (QED) is 0.523. The van der Waals surface area contributed by atoms with E-state index in [4.69, 9.17) is 26.9 Å². The zero-order valence-electron chi connectivity index (χ0n) is 13.8. The molecule has 0 aliphatic rings. The smallest absolute Gasteiger partial charge is 0.210 e. The monoisotopic (exact) mass is 376 g/mol. The van der Waals surface area contributed by atoms with Crippen LogP contribution in [0, 0.1) is 0 Å². The van der Waals surface area contributed by atoms with Crippen LogP contribution in [0.2, 0.25) is 5.02 Å². The van der Waals surface area contributed by atoms with Gasteiger partial charge < -0.3 is 15.3 Å². The summed E-state index contributed by atoms with van der Waals surface area (Å²) in [6, 6.07) is 13.2. The molecule has 130 valence electrons. The number of benzene rings is 2. The summed E-state index contributed by atoms with van der Waals surface area (Å²) in [6.45, 7) is 0. The minimum atomic E-state index is 0.544. The molecule has 0 aliphatic heterocycles. The molecule has 25 heavy (non-hydrogen) atoms. The van der Waals surface area contributed by atoms with Crippen LogP contribution in [0.25, 0.3) is 11.4 Å². The third-order valence-corrected chi connectivity index (χ3v) is 4.98. The van der Waals surface area contributed by atoms with Gasteiger partial charge in [-0.1, -0.05) is 41.6 Å². The predicted molar refractivity (Wildman–Crippen MR) is 99.7 cm³/mol. The minimum Gasteiger partial charge on any atom is -0.493 e. The van der Waals surface area contributed by atoms with Gasteiger partial charge in [0.15, 0.2) is 17.3 Å². The van der Waals surface area contributed by atoms with Crippen molar-refractivity contribution in [2.75, 3.05) is 20.1 Å². The number of methoxy groups -OCH3 is 2.